The van der Waals surface area contributed by atoms with Crippen molar-refractivity contribution in [1.29, 1.82) is 0 Å². The molecule has 1 aliphatic rings. The molecule has 1 amide bonds. The summed E-state index contributed by atoms with van der Waals surface area (Å²) in [6.45, 7) is 0.807. The molecular weight excluding hydrogens is 445 g/mol. The van der Waals surface area contributed by atoms with Gasteiger partial charge in [-0.2, -0.15) is 0 Å². The van der Waals surface area contributed by atoms with E-state index in [0.717, 1.165) is 0 Å². The fourth-order valence-corrected chi connectivity index (χ4v) is 3.51. The van der Waals surface area contributed by atoms with Crippen molar-refractivity contribution in [3.05, 3.63) is 52.3 Å². The van der Waals surface area contributed by atoms with Crippen LogP contribution in [0.2, 0.25) is 0 Å². The smallest absolute Gasteiger partial charge is 0.314 e. The van der Waals surface area contributed by atoms with Crippen LogP contribution in [-0.4, -0.2) is 44.1 Å². The number of esters is 1. The second-order valence-electron chi connectivity index (χ2n) is 6.66. The van der Waals surface area contributed by atoms with E-state index in [9.17, 15) is 14.0 Å². The van der Waals surface area contributed by atoms with Gasteiger partial charge >= 0.3 is 5.97 Å². The molecule has 0 N–H and O–H groups in total. The summed E-state index contributed by atoms with van der Waals surface area (Å²) in [5.74, 6) is -0.672. The van der Waals surface area contributed by atoms with Gasteiger partial charge in [0.15, 0.2) is 11.6 Å². The van der Waals surface area contributed by atoms with E-state index in [1.807, 2.05) is 0 Å². The summed E-state index contributed by atoms with van der Waals surface area (Å²) >= 11 is 3.16. The monoisotopic (exact) mass is 465 g/mol. The molecule has 0 spiro atoms. The largest absolute Gasteiger partial charge is 0.497 e. The molecule has 0 unspecified atom stereocenters. The quantitative estimate of drug-likeness (QED) is 0.491. The third-order valence-corrected chi connectivity index (χ3v) is 5.31. The number of likely N-dealkylation sites (tertiary alicyclic amines) is 1. The summed E-state index contributed by atoms with van der Waals surface area (Å²) < 4.78 is 30.1. The van der Waals surface area contributed by atoms with E-state index in [0.29, 0.717) is 47.5 Å². The van der Waals surface area contributed by atoms with Crippen molar-refractivity contribution in [1.82, 2.24) is 4.90 Å². The van der Waals surface area contributed by atoms with Crippen molar-refractivity contribution in [2.75, 3.05) is 27.3 Å². The summed E-state index contributed by atoms with van der Waals surface area (Å²) in [7, 11) is 3.04. The minimum absolute atomic E-state index is 0.0971. The van der Waals surface area contributed by atoms with Gasteiger partial charge in [-0.1, -0.05) is 15.9 Å². The Hall–Kier alpha value is -2.61. The van der Waals surface area contributed by atoms with Crippen molar-refractivity contribution in [3.8, 4) is 17.2 Å². The maximum Gasteiger partial charge on any atom is 0.314 e. The Bertz CT molecular complexity index is 890. The second kappa shape index (κ2) is 9.26. The first-order valence-electron chi connectivity index (χ1n) is 9.10. The van der Waals surface area contributed by atoms with Crippen LogP contribution in [0.15, 0.2) is 40.9 Å². The van der Waals surface area contributed by atoms with Gasteiger partial charge in [0.05, 0.1) is 20.1 Å². The Labute approximate surface area is 176 Å². The highest BCUT2D eigenvalue weighted by Crippen LogP contribution is 2.27. The van der Waals surface area contributed by atoms with Gasteiger partial charge in [0.2, 0.25) is 0 Å². The molecule has 2 aromatic rings. The number of piperidine rings is 1. The summed E-state index contributed by atoms with van der Waals surface area (Å²) in [4.78, 5) is 26.9. The molecule has 29 heavy (non-hydrogen) atoms. The number of halogens is 2. The van der Waals surface area contributed by atoms with Crippen LogP contribution in [0.25, 0.3) is 0 Å². The van der Waals surface area contributed by atoms with Crippen molar-refractivity contribution in [3.63, 3.8) is 0 Å². The highest BCUT2D eigenvalue weighted by atomic mass is 79.9. The first kappa shape index (κ1) is 21.1. The molecule has 1 saturated heterocycles. The molecule has 0 saturated carbocycles. The lowest BCUT2D eigenvalue weighted by Crippen LogP contribution is -2.41. The van der Waals surface area contributed by atoms with Crippen LogP contribution < -0.4 is 14.2 Å². The number of carbonyl (C=O) groups is 2. The SMILES string of the molecule is COc1cc(OC)cc(C(=O)N2CCC(C(=O)Oc3ccc(Br)cc3F)CC2)c1. The molecule has 1 fully saturated rings. The van der Waals surface area contributed by atoms with Crippen LogP contribution in [0.4, 0.5) is 4.39 Å². The van der Waals surface area contributed by atoms with E-state index in [1.54, 1.807) is 29.2 Å². The minimum Gasteiger partial charge on any atom is -0.497 e. The molecule has 6 nitrogen and oxygen atoms in total. The van der Waals surface area contributed by atoms with E-state index in [1.165, 1.54) is 26.4 Å². The van der Waals surface area contributed by atoms with E-state index < -0.39 is 11.8 Å². The van der Waals surface area contributed by atoms with E-state index >= 15 is 0 Å². The predicted octanol–water partition coefficient (Wildman–Crippen LogP) is 4.06. The molecule has 0 atom stereocenters. The molecule has 3 rings (SSSR count). The van der Waals surface area contributed by atoms with Crippen molar-refractivity contribution >= 4 is 27.8 Å². The first-order valence-corrected chi connectivity index (χ1v) is 9.89. The molecule has 0 radical (unpaired) electrons. The van der Waals surface area contributed by atoms with Crippen LogP contribution in [0.3, 0.4) is 0 Å². The average molecular weight is 466 g/mol. The van der Waals surface area contributed by atoms with Crippen molar-refractivity contribution in [2.24, 2.45) is 5.92 Å². The highest BCUT2D eigenvalue weighted by Gasteiger charge is 2.30. The number of rotatable bonds is 5. The topological polar surface area (TPSA) is 65.1 Å². The Kier molecular flexibility index (Phi) is 6.74. The van der Waals surface area contributed by atoms with Gasteiger partial charge in [-0.25, -0.2) is 4.39 Å². The van der Waals surface area contributed by atoms with Crippen molar-refractivity contribution in [2.45, 2.75) is 12.8 Å². The van der Waals surface area contributed by atoms with Gasteiger partial charge in [-0.15, -0.1) is 0 Å². The van der Waals surface area contributed by atoms with Gasteiger partial charge in [0, 0.05) is 29.2 Å². The van der Waals surface area contributed by atoms with Crippen LogP contribution in [-0.2, 0) is 4.79 Å². The summed E-state index contributed by atoms with van der Waals surface area (Å²) in [5.41, 5.74) is 0.458. The molecule has 8 heteroatoms. The molecule has 2 aromatic carbocycles. The first-order chi connectivity index (χ1) is 13.9. The lowest BCUT2D eigenvalue weighted by atomic mass is 9.96. The molecule has 1 heterocycles. The highest BCUT2D eigenvalue weighted by molar-refractivity contribution is 9.10. The minimum atomic E-state index is -0.604. The third-order valence-electron chi connectivity index (χ3n) is 4.82. The number of carbonyl (C=O) groups excluding carboxylic acids is 2. The number of methoxy groups -OCH3 is 2. The number of hydrogen-bond acceptors (Lipinski definition) is 5. The molecule has 0 bridgehead atoms. The van der Waals surface area contributed by atoms with Gasteiger partial charge in [0.25, 0.3) is 5.91 Å². The Morgan fingerprint density at radius 2 is 1.66 bits per heavy atom. The zero-order chi connectivity index (χ0) is 21.0. The molecule has 0 aliphatic carbocycles. The van der Waals surface area contributed by atoms with Gasteiger partial charge in [0.1, 0.15) is 11.5 Å². The fraction of sp³-hybridized carbons (Fsp3) is 0.333. The normalized spacial score (nSPS) is 14.4. The van der Waals surface area contributed by atoms with Gasteiger partial charge in [-0.3, -0.25) is 9.59 Å². The molecule has 154 valence electrons. The van der Waals surface area contributed by atoms with E-state index in [4.69, 9.17) is 14.2 Å². The summed E-state index contributed by atoms with van der Waals surface area (Å²) in [5, 5.41) is 0. The molecule has 0 aromatic heterocycles. The van der Waals surface area contributed by atoms with Gasteiger partial charge in [-0.05, 0) is 43.2 Å². The fourth-order valence-electron chi connectivity index (χ4n) is 3.18. The Balaban J connectivity index is 1.61. The maximum absolute atomic E-state index is 13.9. The number of nitrogens with zero attached hydrogens (tertiary/aromatic N) is 1. The molecule has 1 aliphatic heterocycles. The zero-order valence-corrected chi connectivity index (χ0v) is 17.7. The predicted molar refractivity (Wildman–Crippen MR) is 108 cm³/mol. The van der Waals surface area contributed by atoms with E-state index in [-0.39, 0.29) is 17.6 Å². The number of ether oxygens (including phenoxy) is 3. The van der Waals surface area contributed by atoms with Crippen LogP contribution >= 0.6 is 15.9 Å². The van der Waals surface area contributed by atoms with Gasteiger partial charge < -0.3 is 19.1 Å². The summed E-state index contributed by atoms with van der Waals surface area (Å²) in [6, 6.07) is 9.26. The lowest BCUT2D eigenvalue weighted by Gasteiger charge is -2.31. The Morgan fingerprint density at radius 3 is 2.21 bits per heavy atom. The molecular formula is C21H21BrFNO5. The zero-order valence-electron chi connectivity index (χ0n) is 16.1. The Morgan fingerprint density at radius 1 is 1.03 bits per heavy atom. The third kappa shape index (κ3) is 5.06. The van der Waals surface area contributed by atoms with Crippen molar-refractivity contribution < 1.29 is 28.2 Å². The second-order valence-corrected chi connectivity index (χ2v) is 7.58. The standard InChI is InChI=1S/C21H21BrFNO5/c1-27-16-9-14(10-17(12-16)28-2)20(25)24-7-5-13(6-8-24)21(26)29-19-4-3-15(22)11-18(19)23/h3-4,9-13H,5-8H2,1-2H3. The summed E-state index contributed by atoms with van der Waals surface area (Å²) in [6.07, 6.45) is 0.896. The average Bonchev–Trinajstić information content (AvgIpc) is 2.74. The van der Waals surface area contributed by atoms with Crippen LogP contribution in [0.5, 0.6) is 17.2 Å². The lowest BCUT2D eigenvalue weighted by molar-refractivity contribution is -0.140. The maximum atomic E-state index is 13.9. The van der Waals surface area contributed by atoms with Crippen LogP contribution in [0.1, 0.15) is 23.2 Å². The van der Waals surface area contributed by atoms with E-state index in [2.05, 4.69) is 15.9 Å². The number of benzene rings is 2. The number of hydrogen-bond donors (Lipinski definition) is 0. The van der Waals surface area contributed by atoms with Crippen LogP contribution in [0, 0.1) is 11.7 Å². The number of amides is 1.